The number of hydrogen-bond acceptors (Lipinski definition) is 3. The lowest BCUT2D eigenvalue weighted by Crippen LogP contribution is -2.31. The Balaban J connectivity index is 1.96. The Bertz CT molecular complexity index is 778. The molecule has 2 aromatic carbocycles. The van der Waals surface area contributed by atoms with Crippen molar-refractivity contribution in [2.75, 3.05) is 13.7 Å². The number of carboxylic acid groups (broad SMARTS) is 1. The molecule has 2 N–H and O–H groups in total. The lowest BCUT2D eigenvalue weighted by Gasteiger charge is -2.18. The zero-order valence-corrected chi connectivity index (χ0v) is 14.2. The first-order valence-corrected chi connectivity index (χ1v) is 7.96. The summed E-state index contributed by atoms with van der Waals surface area (Å²) in [6.45, 7) is 0.115. The zero-order chi connectivity index (χ0) is 19.1. The number of carbonyl (C=O) groups excluding carboxylic acids is 1. The first kappa shape index (κ1) is 19.5. The minimum Gasteiger partial charge on any atom is -0.478 e. The first-order chi connectivity index (χ1) is 12.4. The summed E-state index contributed by atoms with van der Waals surface area (Å²) in [5.41, 5.74) is 1.41. The van der Waals surface area contributed by atoms with E-state index < -0.39 is 23.6 Å². The standard InChI is InChI=1S/C19H19F2NO4/c1-26-11-17(14-7-8-15(20)16(21)10-14)22-18(23)9-4-12-2-5-13(6-3-12)19(24)25/h2-3,5-8,10,17H,4,9,11H2,1H3,(H,22,23)(H,24,25). The largest absolute Gasteiger partial charge is 0.478 e. The number of methoxy groups -OCH3 is 1. The Labute approximate surface area is 149 Å². The fraction of sp³-hybridized carbons (Fsp3) is 0.263. The maximum Gasteiger partial charge on any atom is 0.335 e. The van der Waals surface area contributed by atoms with Gasteiger partial charge in [0.15, 0.2) is 11.6 Å². The molecular weight excluding hydrogens is 344 g/mol. The molecule has 138 valence electrons. The molecule has 7 heteroatoms. The molecule has 0 spiro atoms. The molecule has 0 saturated heterocycles. The second-order valence-corrected chi connectivity index (χ2v) is 5.75. The zero-order valence-electron chi connectivity index (χ0n) is 14.2. The third-order valence-electron chi connectivity index (χ3n) is 3.86. The number of carbonyl (C=O) groups is 2. The van der Waals surface area contributed by atoms with E-state index >= 15 is 0 Å². The predicted octanol–water partition coefficient (Wildman–Crippen LogP) is 3.10. The highest BCUT2D eigenvalue weighted by Gasteiger charge is 2.16. The number of aromatic carboxylic acids is 1. The minimum atomic E-state index is -1.01. The van der Waals surface area contributed by atoms with Crippen LogP contribution in [0.25, 0.3) is 0 Å². The fourth-order valence-electron chi connectivity index (χ4n) is 2.46. The number of nitrogens with one attached hydrogen (secondary N) is 1. The second-order valence-electron chi connectivity index (χ2n) is 5.75. The monoisotopic (exact) mass is 363 g/mol. The number of ether oxygens (including phenoxy) is 1. The van der Waals surface area contributed by atoms with Gasteiger partial charge in [-0.1, -0.05) is 18.2 Å². The fourth-order valence-corrected chi connectivity index (χ4v) is 2.46. The maximum absolute atomic E-state index is 13.4. The van der Waals surface area contributed by atoms with Crippen molar-refractivity contribution in [1.29, 1.82) is 0 Å². The van der Waals surface area contributed by atoms with Crippen molar-refractivity contribution in [2.45, 2.75) is 18.9 Å². The Morgan fingerprint density at radius 3 is 2.38 bits per heavy atom. The van der Waals surface area contributed by atoms with Crippen LogP contribution in [0.4, 0.5) is 8.78 Å². The van der Waals surface area contributed by atoms with Crippen molar-refractivity contribution in [3.8, 4) is 0 Å². The van der Waals surface area contributed by atoms with Crippen molar-refractivity contribution in [3.05, 3.63) is 70.8 Å². The van der Waals surface area contributed by atoms with Crippen LogP contribution in [0.2, 0.25) is 0 Å². The Kier molecular flexibility index (Phi) is 6.80. The van der Waals surface area contributed by atoms with Crippen LogP contribution in [-0.2, 0) is 16.0 Å². The van der Waals surface area contributed by atoms with Crippen LogP contribution in [0.3, 0.4) is 0 Å². The van der Waals surface area contributed by atoms with E-state index in [4.69, 9.17) is 9.84 Å². The topological polar surface area (TPSA) is 75.6 Å². The molecule has 0 radical (unpaired) electrons. The van der Waals surface area contributed by atoms with E-state index in [0.29, 0.717) is 12.0 Å². The average Bonchev–Trinajstić information content (AvgIpc) is 2.62. The molecule has 1 amide bonds. The lowest BCUT2D eigenvalue weighted by molar-refractivity contribution is -0.122. The summed E-state index contributed by atoms with van der Waals surface area (Å²) in [7, 11) is 1.45. The normalized spacial score (nSPS) is 11.8. The van der Waals surface area contributed by atoms with Crippen LogP contribution in [-0.4, -0.2) is 30.7 Å². The van der Waals surface area contributed by atoms with E-state index in [2.05, 4.69) is 5.32 Å². The van der Waals surface area contributed by atoms with Gasteiger partial charge in [0.05, 0.1) is 18.2 Å². The van der Waals surface area contributed by atoms with Gasteiger partial charge in [-0.15, -0.1) is 0 Å². The number of rotatable bonds is 8. The molecule has 0 aliphatic heterocycles. The highest BCUT2D eigenvalue weighted by Crippen LogP contribution is 2.17. The van der Waals surface area contributed by atoms with Crippen molar-refractivity contribution in [2.24, 2.45) is 0 Å². The SMILES string of the molecule is COCC(NC(=O)CCc1ccc(C(=O)O)cc1)c1ccc(F)c(F)c1. The molecular formula is C19H19F2NO4. The molecule has 2 rings (SSSR count). The Morgan fingerprint density at radius 1 is 1.12 bits per heavy atom. The first-order valence-electron chi connectivity index (χ1n) is 7.96. The third kappa shape index (κ3) is 5.35. The average molecular weight is 363 g/mol. The van der Waals surface area contributed by atoms with Crippen molar-refractivity contribution < 1.29 is 28.2 Å². The van der Waals surface area contributed by atoms with Crippen molar-refractivity contribution >= 4 is 11.9 Å². The van der Waals surface area contributed by atoms with E-state index in [0.717, 1.165) is 17.7 Å². The number of hydrogen-bond donors (Lipinski definition) is 2. The van der Waals surface area contributed by atoms with Gasteiger partial charge in [0.25, 0.3) is 0 Å². The van der Waals surface area contributed by atoms with Crippen molar-refractivity contribution in [3.63, 3.8) is 0 Å². The summed E-state index contributed by atoms with van der Waals surface area (Å²) in [6.07, 6.45) is 0.583. The molecule has 0 aliphatic carbocycles. The molecule has 2 aromatic rings. The molecule has 1 atom stereocenters. The minimum absolute atomic E-state index is 0.115. The number of carboxylic acids is 1. The number of amides is 1. The maximum atomic E-state index is 13.4. The summed E-state index contributed by atoms with van der Waals surface area (Å²) in [6, 6.07) is 9.09. The Hall–Kier alpha value is -2.80. The van der Waals surface area contributed by atoms with E-state index in [1.807, 2.05) is 0 Å². The lowest BCUT2D eigenvalue weighted by atomic mass is 10.1. The molecule has 1 unspecified atom stereocenters. The van der Waals surface area contributed by atoms with Crippen LogP contribution < -0.4 is 5.32 Å². The summed E-state index contributed by atoms with van der Waals surface area (Å²) in [5, 5.41) is 11.6. The van der Waals surface area contributed by atoms with E-state index in [9.17, 15) is 18.4 Å². The highest BCUT2D eigenvalue weighted by atomic mass is 19.2. The second kappa shape index (κ2) is 9.05. The number of halogens is 2. The molecule has 5 nitrogen and oxygen atoms in total. The number of benzene rings is 2. The van der Waals surface area contributed by atoms with Crippen LogP contribution in [0.15, 0.2) is 42.5 Å². The van der Waals surface area contributed by atoms with E-state index in [1.165, 1.54) is 25.3 Å². The van der Waals surface area contributed by atoms with Crippen molar-refractivity contribution in [1.82, 2.24) is 5.32 Å². The van der Waals surface area contributed by atoms with Gasteiger partial charge in [-0.05, 0) is 41.8 Å². The van der Waals surface area contributed by atoms with Crippen LogP contribution in [0.1, 0.15) is 33.9 Å². The quantitative estimate of drug-likeness (QED) is 0.756. The smallest absolute Gasteiger partial charge is 0.335 e. The van der Waals surface area contributed by atoms with Crippen LogP contribution >= 0.6 is 0 Å². The van der Waals surface area contributed by atoms with E-state index in [1.54, 1.807) is 12.1 Å². The molecule has 0 bridgehead atoms. The molecule has 0 aliphatic rings. The Morgan fingerprint density at radius 2 is 1.81 bits per heavy atom. The van der Waals surface area contributed by atoms with Gasteiger partial charge in [-0.25, -0.2) is 13.6 Å². The summed E-state index contributed by atoms with van der Waals surface area (Å²) in [4.78, 5) is 23.0. The van der Waals surface area contributed by atoms with Crippen LogP contribution in [0, 0.1) is 11.6 Å². The third-order valence-corrected chi connectivity index (χ3v) is 3.86. The molecule has 0 fully saturated rings. The predicted molar refractivity (Wildman–Crippen MR) is 90.8 cm³/mol. The molecule has 0 heterocycles. The molecule has 0 aromatic heterocycles. The summed E-state index contributed by atoms with van der Waals surface area (Å²) < 4.78 is 31.5. The van der Waals surface area contributed by atoms with E-state index in [-0.39, 0.29) is 24.5 Å². The van der Waals surface area contributed by atoms with Gasteiger partial charge in [0.1, 0.15) is 0 Å². The molecule has 26 heavy (non-hydrogen) atoms. The summed E-state index contributed by atoms with van der Waals surface area (Å²) >= 11 is 0. The van der Waals surface area contributed by atoms with Gasteiger partial charge in [-0.3, -0.25) is 4.79 Å². The molecule has 0 saturated carbocycles. The van der Waals surface area contributed by atoms with Gasteiger partial charge in [0, 0.05) is 13.5 Å². The highest BCUT2D eigenvalue weighted by molar-refractivity contribution is 5.87. The van der Waals surface area contributed by atoms with Gasteiger partial charge >= 0.3 is 5.97 Å². The number of aryl methyl sites for hydroxylation is 1. The van der Waals surface area contributed by atoms with Gasteiger partial charge in [-0.2, -0.15) is 0 Å². The summed E-state index contributed by atoms with van der Waals surface area (Å²) in [5.74, 6) is -3.24. The van der Waals surface area contributed by atoms with Gasteiger partial charge < -0.3 is 15.2 Å². The van der Waals surface area contributed by atoms with Crippen LogP contribution in [0.5, 0.6) is 0 Å². The van der Waals surface area contributed by atoms with Gasteiger partial charge in [0.2, 0.25) is 5.91 Å².